The molecule has 19 heavy (non-hydrogen) atoms. The predicted octanol–water partition coefficient (Wildman–Crippen LogP) is 2.38. The molecule has 1 aromatic carbocycles. The van der Waals surface area contributed by atoms with Crippen molar-refractivity contribution in [1.82, 2.24) is 5.32 Å². The quantitative estimate of drug-likeness (QED) is 0.633. The lowest BCUT2D eigenvalue weighted by Crippen LogP contribution is -2.29. The van der Waals surface area contributed by atoms with Crippen LogP contribution in [0.15, 0.2) is 18.2 Å². The van der Waals surface area contributed by atoms with Crippen LogP contribution >= 0.6 is 0 Å². The van der Waals surface area contributed by atoms with Crippen LogP contribution in [0.1, 0.15) is 41.3 Å². The maximum absolute atomic E-state index is 11.8. The molecule has 0 aromatic heterocycles. The summed E-state index contributed by atoms with van der Waals surface area (Å²) in [6.07, 6.45) is 1.94. The first kappa shape index (κ1) is 15.2. The minimum absolute atomic E-state index is 0.226. The van der Waals surface area contributed by atoms with Crippen molar-refractivity contribution >= 4 is 11.9 Å². The highest BCUT2D eigenvalue weighted by atomic mass is 16.5. The zero-order chi connectivity index (χ0) is 14.3. The summed E-state index contributed by atoms with van der Waals surface area (Å²) in [5, 5.41) is 2.70. The first-order valence-corrected chi connectivity index (χ1v) is 6.55. The van der Waals surface area contributed by atoms with Crippen molar-refractivity contribution < 1.29 is 14.3 Å². The van der Waals surface area contributed by atoms with Gasteiger partial charge in [-0.25, -0.2) is 4.79 Å². The zero-order valence-electron chi connectivity index (χ0n) is 11.8. The standard InChI is InChI=1S/C15H21NO3/c1-4-5-8-16-14(17)10-19-15(18)13-9-11(2)6-7-12(13)3/h6-7,9H,4-5,8,10H2,1-3H3,(H,16,17). The summed E-state index contributed by atoms with van der Waals surface area (Å²) in [7, 11) is 0. The summed E-state index contributed by atoms with van der Waals surface area (Å²) in [5.74, 6) is -0.709. The van der Waals surface area contributed by atoms with Gasteiger partial charge in [-0.2, -0.15) is 0 Å². The second kappa shape index (κ2) is 7.56. The van der Waals surface area contributed by atoms with Crippen LogP contribution in [0.4, 0.5) is 0 Å². The van der Waals surface area contributed by atoms with Crippen molar-refractivity contribution in [3.63, 3.8) is 0 Å². The van der Waals surface area contributed by atoms with Gasteiger partial charge in [-0.05, 0) is 31.9 Å². The first-order chi connectivity index (χ1) is 9.04. The number of hydrogen-bond donors (Lipinski definition) is 1. The normalized spacial score (nSPS) is 10.1. The minimum atomic E-state index is -0.452. The molecular weight excluding hydrogens is 242 g/mol. The van der Waals surface area contributed by atoms with Gasteiger partial charge in [0.2, 0.25) is 0 Å². The molecule has 1 N–H and O–H groups in total. The summed E-state index contributed by atoms with van der Waals surface area (Å²) in [6.45, 7) is 6.20. The van der Waals surface area contributed by atoms with Crippen LogP contribution < -0.4 is 5.32 Å². The van der Waals surface area contributed by atoms with Gasteiger partial charge in [0, 0.05) is 6.54 Å². The second-order valence-corrected chi connectivity index (χ2v) is 4.60. The van der Waals surface area contributed by atoms with Crippen LogP contribution in [0.5, 0.6) is 0 Å². The van der Waals surface area contributed by atoms with Crippen LogP contribution in [0, 0.1) is 13.8 Å². The van der Waals surface area contributed by atoms with Gasteiger partial charge >= 0.3 is 5.97 Å². The molecule has 0 spiro atoms. The monoisotopic (exact) mass is 263 g/mol. The number of hydrogen-bond acceptors (Lipinski definition) is 3. The van der Waals surface area contributed by atoms with E-state index in [9.17, 15) is 9.59 Å². The number of esters is 1. The number of carbonyl (C=O) groups excluding carboxylic acids is 2. The molecule has 0 heterocycles. The summed E-state index contributed by atoms with van der Waals surface area (Å²) in [5.41, 5.74) is 2.35. The van der Waals surface area contributed by atoms with Gasteiger partial charge in [0.25, 0.3) is 5.91 Å². The van der Waals surface area contributed by atoms with Crippen molar-refractivity contribution in [2.45, 2.75) is 33.6 Å². The average Bonchev–Trinajstić information content (AvgIpc) is 2.39. The fourth-order valence-corrected chi connectivity index (χ4v) is 1.62. The van der Waals surface area contributed by atoms with E-state index in [1.807, 2.05) is 32.9 Å². The molecule has 0 saturated carbocycles. The summed E-state index contributed by atoms with van der Waals surface area (Å²) in [6, 6.07) is 5.57. The van der Waals surface area contributed by atoms with Crippen LogP contribution in [-0.4, -0.2) is 25.0 Å². The van der Waals surface area contributed by atoms with Crippen molar-refractivity contribution in [2.24, 2.45) is 0 Å². The van der Waals surface area contributed by atoms with Gasteiger partial charge in [0.05, 0.1) is 5.56 Å². The minimum Gasteiger partial charge on any atom is -0.452 e. The molecule has 0 unspecified atom stereocenters. The Labute approximate surface area is 114 Å². The van der Waals surface area contributed by atoms with Gasteiger partial charge in [-0.15, -0.1) is 0 Å². The van der Waals surface area contributed by atoms with E-state index < -0.39 is 5.97 Å². The maximum atomic E-state index is 11.8. The molecule has 0 aliphatic carbocycles. The number of rotatable bonds is 6. The summed E-state index contributed by atoms with van der Waals surface area (Å²) < 4.78 is 5.01. The van der Waals surface area contributed by atoms with Gasteiger partial charge in [-0.1, -0.05) is 31.0 Å². The number of carbonyl (C=O) groups is 2. The van der Waals surface area contributed by atoms with Crippen LogP contribution in [0.3, 0.4) is 0 Å². The predicted molar refractivity (Wildman–Crippen MR) is 74.1 cm³/mol. The third-order valence-electron chi connectivity index (χ3n) is 2.80. The molecule has 0 aliphatic heterocycles. The summed E-state index contributed by atoms with van der Waals surface area (Å²) in [4.78, 5) is 23.3. The third-order valence-corrected chi connectivity index (χ3v) is 2.80. The van der Waals surface area contributed by atoms with E-state index in [0.29, 0.717) is 12.1 Å². The average molecular weight is 263 g/mol. The lowest BCUT2D eigenvalue weighted by molar-refractivity contribution is -0.124. The number of ether oxygens (including phenoxy) is 1. The Bertz CT molecular complexity index is 455. The molecule has 104 valence electrons. The van der Waals surface area contributed by atoms with E-state index in [1.165, 1.54) is 0 Å². The molecule has 0 radical (unpaired) electrons. The second-order valence-electron chi connectivity index (χ2n) is 4.60. The van der Waals surface area contributed by atoms with Crippen LogP contribution in [0.25, 0.3) is 0 Å². The Morgan fingerprint density at radius 2 is 2.00 bits per heavy atom. The largest absolute Gasteiger partial charge is 0.452 e. The molecular formula is C15H21NO3. The van der Waals surface area contributed by atoms with E-state index in [0.717, 1.165) is 24.0 Å². The third kappa shape index (κ3) is 5.12. The van der Waals surface area contributed by atoms with E-state index >= 15 is 0 Å². The van der Waals surface area contributed by atoms with Gasteiger partial charge in [0.15, 0.2) is 6.61 Å². The van der Waals surface area contributed by atoms with E-state index in [1.54, 1.807) is 6.07 Å². The van der Waals surface area contributed by atoms with E-state index in [2.05, 4.69) is 5.32 Å². The highest BCUT2D eigenvalue weighted by molar-refractivity contribution is 5.92. The number of amides is 1. The maximum Gasteiger partial charge on any atom is 0.338 e. The van der Waals surface area contributed by atoms with Gasteiger partial charge in [-0.3, -0.25) is 4.79 Å². The molecule has 0 bridgehead atoms. The number of nitrogens with one attached hydrogen (secondary N) is 1. The molecule has 0 atom stereocenters. The first-order valence-electron chi connectivity index (χ1n) is 6.55. The molecule has 0 aliphatic rings. The molecule has 1 aromatic rings. The molecule has 1 rings (SSSR count). The van der Waals surface area contributed by atoms with Crippen molar-refractivity contribution in [2.75, 3.05) is 13.2 Å². The van der Waals surface area contributed by atoms with Gasteiger partial charge in [0.1, 0.15) is 0 Å². The Balaban J connectivity index is 2.47. The Hall–Kier alpha value is -1.84. The molecule has 0 saturated heterocycles. The molecule has 0 fully saturated rings. The van der Waals surface area contributed by atoms with Crippen molar-refractivity contribution in [3.05, 3.63) is 34.9 Å². The van der Waals surface area contributed by atoms with Crippen molar-refractivity contribution in [3.8, 4) is 0 Å². The fraction of sp³-hybridized carbons (Fsp3) is 0.467. The number of benzene rings is 1. The highest BCUT2D eigenvalue weighted by Gasteiger charge is 2.12. The molecule has 4 nitrogen and oxygen atoms in total. The SMILES string of the molecule is CCCCNC(=O)COC(=O)c1cc(C)ccc1C. The van der Waals surface area contributed by atoms with Crippen LogP contribution in [-0.2, 0) is 9.53 Å². The Kier molecular flexibility index (Phi) is 6.06. The van der Waals surface area contributed by atoms with E-state index in [4.69, 9.17) is 4.74 Å². The number of aryl methyl sites for hydroxylation is 2. The Morgan fingerprint density at radius 3 is 2.68 bits per heavy atom. The lowest BCUT2D eigenvalue weighted by atomic mass is 10.1. The van der Waals surface area contributed by atoms with Gasteiger partial charge < -0.3 is 10.1 Å². The zero-order valence-corrected chi connectivity index (χ0v) is 11.8. The topological polar surface area (TPSA) is 55.4 Å². The summed E-state index contributed by atoms with van der Waals surface area (Å²) >= 11 is 0. The molecule has 4 heteroatoms. The Morgan fingerprint density at radius 1 is 1.26 bits per heavy atom. The van der Waals surface area contributed by atoms with E-state index in [-0.39, 0.29) is 12.5 Å². The van der Waals surface area contributed by atoms with Crippen LogP contribution in [0.2, 0.25) is 0 Å². The van der Waals surface area contributed by atoms with Crippen molar-refractivity contribution in [1.29, 1.82) is 0 Å². The highest BCUT2D eigenvalue weighted by Crippen LogP contribution is 2.11. The number of unbranched alkanes of at least 4 members (excludes halogenated alkanes) is 1. The smallest absolute Gasteiger partial charge is 0.338 e. The fourth-order valence-electron chi connectivity index (χ4n) is 1.62. The lowest BCUT2D eigenvalue weighted by Gasteiger charge is -2.08. The molecule has 1 amide bonds.